The molecule has 1 rings (SSSR count). The first-order valence-corrected chi connectivity index (χ1v) is 8.38. The van der Waals surface area contributed by atoms with Crippen LogP contribution in [0.5, 0.6) is 0 Å². The molecular weight excluding hydrogens is 262 g/mol. The van der Waals surface area contributed by atoms with E-state index in [2.05, 4.69) is 24.1 Å². The van der Waals surface area contributed by atoms with Crippen molar-refractivity contribution in [1.29, 1.82) is 0 Å². The third kappa shape index (κ3) is 4.80. The Balaban J connectivity index is 2.93. The molecule has 0 aromatic carbocycles. The van der Waals surface area contributed by atoms with Crippen molar-refractivity contribution in [3.05, 3.63) is 18.3 Å². The highest BCUT2D eigenvalue weighted by Gasteiger charge is 2.18. The van der Waals surface area contributed by atoms with Crippen LogP contribution in [0.4, 0.5) is 5.82 Å². The monoisotopic (exact) mass is 285 g/mol. The standard InChI is InChI=1S/C13H23N3O2S/c1-5-16(10-9-14-11(2)3)13-12(19(4,17)18)7-6-8-15-13/h6-8,11,14H,5,9-10H2,1-4H3. The minimum Gasteiger partial charge on any atom is -0.355 e. The SMILES string of the molecule is CCN(CCNC(C)C)c1ncccc1S(C)(=O)=O. The van der Waals surface area contributed by atoms with Gasteiger partial charge in [-0.05, 0) is 19.1 Å². The van der Waals surface area contributed by atoms with Gasteiger partial charge in [0.15, 0.2) is 9.84 Å². The highest BCUT2D eigenvalue weighted by molar-refractivity contribution is 7.90. The van der Waals surface area contributed by atoms with Crippen molar-refractivity contribution >= 4 is 15.7 Å². The summed E-state index contributed by atoms with van der Waals surface area (Å²) in [6, 6.07) is 3.67. The van der Waals surface area contributed by atoms with Gasteiger partial charge in [-0.3, -0.25) is 0 Å². The average molecular weight is 285 g/mol. The van der Waals surface area contributed by atoms with Gasteiger partial charge in [-0.15, -0.1) is 0 Å². The smallest absolute Gasteiger partial charge is 0.179 e. The molecule has 1 aromatic rings. The molecule has 0 unspecified atom stereocenters. The van der Waals surface area contributed by atoms with Crippen LogP contribution in [0.3, 0.4) is 0 Å². The second-order valence-electron chi connectivity index (χ2n) is 4.79. The summed E-state index contributed by atoms with van der Waals surface area (Å²) in [7, 11) is -3.25. The van der Waals surface area contributed by atoms with Gasteiger partial charge in [-0.2, -0.15) is 0 Å². The second-order valence-corrected chi connectivity index (χ2v) is 6.77. The summed E-state index contributed by atoms with van der Waals surface area (Å²) in [4.78, 5) is 6.50. The van der Waals surface area contributed by atoms with Crippen LogP contribution in [0.15, 0.2) is 23.2 Å². The Morgan fingerprint density at radius 3 is 2.63 bits per heavy atom. The Hall–Kier alpha value is -1.14. The molecule has 0 amide bonds. The minimum absolute atomic E-state index is 0.293. The molecular formula is C13H23N3O2S. The molecule has 0 radical (unpaired) electrons. The second kappa shape index (κ2) is 6.86. The summed E-state index contributed by atoms with van der Waals surface area (Å²) >= 11 is 0. The first kappa shape index (κ1) is 15.9. The van der Waals surface area contributed by atoms with E-state index < -0.39 is 9.84 Å². The van der Waals surface area contributed by atoms with Gasteiger partial charge in [-0.25, -0.2) is 13.4 Å². The van der Waals surface area contributed by atoms with Crippen molar-refractivity contribution in [3.8, 4) is 0 Å². The maximum Gasteiger partial charge on any atom is 0.179 e. The predicted molar refractivity (Wildman–Crippen MR) is 78.4 cm³/mol. The van der Waals surface area contributed by atoms with E-state index >= 15 is 0 Å². The lowest BCUT2D eigenvalue weighted by molar-refractivity contribution is 0.579. The molecule has 0 saturated heterocycles. The number of nitrogens with one attached hydrogen (secondary N) is 1. The number of rotatable bonds is 7. The molecule has 0 fully saturated rings. The molecule has 1 N–H and O–H groups in total. The van der Waals surface area contributed by atoms with Gasteiger partial charge in [0.1, 0.15) is 10.7 Å². The largest absolute Gasteiger partial charge is 0.355 e. The maximum atomic E-state index is 11.8. The van der Waals surface area contributed by atoms with Crippen molar-refractivity contribution in [3.63, 3.8) is 0 Å². The molecule has 5 nitrogen and oxygen atoms in total. The highest BCUT2D eigenvalue weighted by Crippen LogP contribution is 2.21. The summed E-state index contributed by atoms with van der Waals surface area (Å²) in [5.74, 6) is 0.540. The maximum absolute atomic E-state index is 11.8. The van der Waals surface area contributed by atoms with Gasteiger partial charge < -0.3 is 10.2 Å². The lowest BCUT2D eigenvalue weighted by Crippen LogP contribution is -2.35. The number of pyridine rings is 1. The lowest BCUT2D eigenvalue weighted by atomic mass is 10.3. The molecule has 0 saturated carbocycles. The van der Waals surface area contributed by atoms with Gasteiger partial charge in [0.2, 0.25) is 0 Å². The fraction of sp³-hybridized carbons (Fsp3) is 0.615. The van der Waals surface area contributed by atoms with E-state index in [1.165, 1.54) is 6.26 Å². The van der Waals surface area contributed by atoms with Crippen LogP contribution in [-0.4, -0.2) is 45.3 Å². The number of anilines is 1. The normalized spacial score (nSPS) is 11.8. The van der Waals surface area contributed by atoms with E-state index in [1.54, 1.807) is 18.3 Å². The van der Waals surface area contributed by atoms with E-state index in [4.69, 9.17) is 0 Å². The van der Waals surface area contributed by atoms with Crippen molar-refractivity contribution in [2.75, 3.05) is 30.8 Å². The van der Waals surface area contributed by atoms with Crippen molar-refractivity contribution in [1.82, 2.24) is 10.3 Å². The van der Waals surface area contributed by atoms with Crippen LogP contribution in [0.25, 0.3) is 0 Å². The first-order chi connectivity index (χ1) is 8.86. The van der Waals surface area contributed by atoms with Gasteiger partial charge in [0.05, 0.1) is 0 Å². The highest BCUT2D eigenvalue weighted by atomic mass is 32.2. The number of nitrogens with zero attached hydrogens (tertiary/aromatic N) is 2. The molecule has 0 bridgehead atoms. The molecule has 0 aliphatic heterocycles. The Bertz CT molecular complexity index is 500. The molecule has 1 aromatic heterocycles. The van der Waals surface area contributed by atoms with E-state index in [0.717, 1.165) is 19.6 Å². The number of aromatic nitrogens is 1. The van der Waals surface area contributed by atoms with E-state index in [0.29, 0.717) is 16.8 Å². The third-order valence-corrected chi connectivity index (χ3v) is 3.88. The van der Waals surface area contributed by atoms with Crippen LogP contribution < -0.4 is 10.2 Å². The molecule has 0 atom stereocenters. The fourth-order valence-corrected chi connectivity index (χ4v) is 2.65. The quantitative estimate of drug-likeness (QED) is 0.818. The molecule has 1 heterocycles. The number of likely N-dealkylation sites (N-methyl/N-ethyl adjacent to an activating group) is 1. The van der Waals surface area contributed by atoms with Crippen LogP contribution in [0, 0.1) is 0 Å². The van der Waals surface area contributed by atoms with Crippen LogP contribution >= 0.6 is 0 Å². The van der Waals surface area contributed by atoms with Crippen molar-refractivity contribution < 1.29 is 8.42 Å². The Kier molecular flexibility index (Phi) is 5.75. The summed E-state index contributed by atoms with van der Waals surface area (Å²) in [6.07, 6.45) is 2.84. The van der Waals surface area contributed by atoms with Gasteiger partial charge >= 0.3 is 0 Å². The zero-order valence-corrected chi connectivity index (χ0v) is 12.9. The van der Waals surface area contributed by atoms with Gasteiger partial charge in [-0.1, -0.05) is 13.8 Å². The third-order valence-electron chi connectivity index (χ3n) is 2.77. The molecule has 108 valence electrons. The first-order valence-electron chi connectivity index (χ1n) is 6.49. The molecule has 0 spiro atoms. The lowest BCUT2D eigenvalue weighted by Gasteiger charge is -2.24. The molecule has 0 aliphatic rings. The number of hydrogen-bond acceptors (Lipinski definition) is 5. The van der Waals surface area contributed by atoms with Gasteiger partial charge in [0.25, 0.3) is 0 Å². The van der Waals surface area contributed by atoms with Crippen LogP contribution in [0.1, 0.15) is 20.8 Å². The average Bonchev–Trinajstić information content (AvgIpc) is 2.33. The predicted octanol–water partition coefficient (Wildman–Crippen LogP) is 1.31. The Morgan fingerprint density at radius 1 is 1.42 bits per heavy atom. The fourth-order valence-electron chi connectivity index (χ4n) is 1.81. The van der Waals surface area contributed by atoms with E-state index in [1.807, 2.05) is 11.8 Å². The van der Waals surface area contributed by atoms with Crippen LogP contribution in [-0.2, 0) is 9.84 Å². The zero-order chi connectivity index (χ0) is 14.5. The summed E-state index contributed by atoms with van der Waals surface area (Å²) < 4.78 is 23.5. The molecule has 6 heteroatoms. The zero-order valence-electron chi connectivity index (χ0n) is 12.0. The Labute approximate surface area is 116 Å². The van der Waals surface area contributed by atoms with Crippen molar-refractivity contribution in [2.24, 2.45) is 0 Å². The van der Waals surface area contributed by atoms with E-state index in [-0.39, 0.29) is 0 Å². The van der Waals surface area contributed by atoms with Crippen LogP contribution in [0.2, 0.25) is 0 Å². The minimum atomic E-state index is -3.25. The summed E-state index contributed by atoms with van der Waals surface area (Å²) in [6.45, 7) is 8.41. The van der Waals surface area contributed by atoms with Gasteiger partial charge in [0, 0.05) is 38.1 Å². The topological polar surface area (TPSA) is 62.3 Å². The summed E-state index contributed by atoms with van der Waals surface area (Å²) in [5.41, 5.74) is 0. The molecule has 19 heavy (non-hydrogen) atoms. The van der Waals surface area contributed by atoms with Crippen molar-refractivity contribution in [2.45, 2.75) is 31.7 Å². The van der Waals surface area contributed by atoms with E-state index in [9.17, 15) is 8.42 Å². The Morgan fingerprint density at radius 2 is 2.11 bits per heavy atom. The summed E-state index contributed by atoms with van der Waals surface area (Å²) in [5, 5.41) is 3.32. The number of sulfone groups is 1. The number of hydrogen-bond donors (Lipinski definition) is 1. The molecule has 0 aliphatic carbocycles.